The third-order valence-corrected chi connectivity index (χ3v) is 4.51. The molecule has 2 N–H and O–H groups in total. The summed E-state index contributed by atoms with van der Waals surface area (Å²) in [6.45, 7) is 5.77. The highest BCUT2D eigenvalue weighted by Gasteiger charge is 2.26. The van der Waals surface area contributed by atoms with Gasteiger partial charge in [-0.05, 0) is 49.8 Å². The summed E-state index contributed by atoms with van der Waals surface area (Å²) >= 11 is 0. The smallest absolute Gasteiger partial charge is 0.317 e. The molecule has 1 aromatic carbocycles. The summed E-state index contributed by atoms with van der Waals surface area (Å²) in [7, 11) is 1.62. The Kier molecular flexibility index (Phi) is 6.02. The van der Waals surface area contributed by atoms with E-state index in [1.54, 1.807) is 13.1 Å². The van der Waals surface area contributed by atoms with E-state index in [0.717, 1.165) is 31.4 Å². The molecule has 1 saturated heterocycles. The molecule has 0 aliphatic carbocycles. The summed E-state index contributed by atoms with van der Waals surface area (Å²) in [4.78, 5) is 25.8. The number of nitrogens with one attached hydrogen (secondary N) is 2. The molecule has 126 valence electrons. The van der Waals surface area contributed by atoms with Crippen molar-refractivity contribution < 1.29 is 9.59 Å². The quantitative estimate of drug-likeness (QED) is 0.896. The number of hydrogen-bond acceptors (Lipinski definition) is 2. The first kappa shape index (κ1) is 17.3. The fourth-order valence-corrected chi connectivity index (χ4v) is 3.14. The van der Waals surface area contributed by atoms with E-state index in [0.29, 0.717) is 24.1 Å². The van der Waals surface area contributed by atoms with Crippen LogP contribution in [0.2, 0.25) is 0 Å². The van der Waals surface area contributed by atoms with Gasteiger partial charge in [0.05, 0.1) is 0 Å². The van der Waals surface area contributed by atoms with Gasteiger partial charge in [-0.15, -0.1) is 0 Å². The molecule has 0 bridgehead atoms. The third kappa shape index (κ3) is 4.71. The number of nitrogens with zero attached hydrogens (tertiary/aromatic N) is 1. The molecule has 1 aromatic rings. The van der Waals surface area contributed by atoms with Crippen LogP contribution in [0.1, 0.15) is 42.6 Å². The first-order valence-corrected chi connectivity index (χ1v) is 8.36. The zero-order valence-corrected chi connectivity index (χ0v) is 14.3. The second kappa shape index (κ2) is 7.99. The molecule has 3 amide bonds. The summed E-state index contributed by atoms with van der Waals surface area (Å²) < 4.78 is 0. The maximum atomic E-state index is 12.3. The minimum atomic E-state index is -0.0906. The zero-order chi connectivity index (χ0) is 16.8. The predicted octanol–water partition coefficient (Wildman–Crippen LogP) is 2.42. The fraction of sp³-hybridized carbons (Fsp3) is 0.556. The molecule has 0 aromatic heterocycles. The molecule has 1 fully saturated rings. The number of amides is 3. The summed E-state index contributed by atoms with van der Waals surface area (Å²) in [5.41, 5.74) is 1.70. The van der Waals surface area contributed by atoms with Crippen LogP contribution in [0.4, 0.5) is 4.79 Å². The number of carbonyl (C=O) groups excluding carboxylic acids is 2. The molecule has 5 nitrogen and oxygen atoms in total. The van der Waals surface area contributed by atoms with Crippen molar-refractivity contribution in [1.29, 1.82) is 0 Å². The van der Waals surface area contributed by atoms with Gasteiger partial charge < -0.3 is 15.5 Å². The Labute approximate surface area is 138 Å². The Bertz CT molecular complexity index is 559. The summed E-state index contributed by atoms with van der Waals surface area (Å²) in [6.07, 6.45) is 2.86. The molecule has 5 heteroatoms. The average Bonchev–Trinajstić information content (AvgIpc) is 2.54. The average molecular weight is 317 g/mol. The minimum Gasteiger partial charge on any atom is -0.355 e. The van der Waals surface area contributed by atoms with Crippen LogP contribution in [0.3, 0.4) is 0 Å². The van der Waals surface area contributed by atoms with Crippen LogP contribution in [0.5, 0.6) is 0 Å². The van der Waals surface area contributed by atoms with Crippen LogP contribution in [0.25, 0.3) is 0 Å². The van der Waals surface area contributed by atoms with Gasteiger partial charge >= 0.3 is 6.03 Å². The summed E-state index contributed by atoms with van der Waals surface area (Å²) in [6, 6.07) is 7.83. The first-order valence-electron chi connectivity index (χ1n) is 8.36. The van der Waals surface area contributed by atoms with Crippen molar-refractivity contribution in [3.63, 3.8) is 0 Å². The molecular formula is C18H27N3O2. The highest BCUT2D eigenvalue weighted by molar-refractivity contribution is 5.94. The van der Waals surface area contributed by atoms with Crippen molar-refractivity contribution in [1.82, 2.24) is 15.5 Å². The molecule has 0 saturated carbocycles. The Balaban J connectivity index is 1.83. The van der Waals surface area contributed by atoms with Crippen molar-refractivity contribution in [2.45, 2.75) is 39.2 Å². The van der Waals surface area contributed by atoms with Gasteiger partial charge in [-0.2, -0.15) is 0 Å². The lowest BCUT2D eigenvalue weighted by Crippen LogP contribution is -2.49. The van der Waals surface area contributed by atoms with Crippen molar-refractivity contribution in [3.8, 4) is 0 Å². The van der Waals surface area contributed by atoms with Crippen LogP contribution >= 0.6 is 0 Å². The number of benzene rings is 1. The van der Waals surface area contributed by atoms with E-state index in [-0.39, 0.29) is 11.9 Å². The van der Waals surface area contributed by atoms with Gasteiger partial charge in [0.1, 0.15) is 0 Å². The van der Waals surface area contributed by atoms with E-state index < -0.39 is 0 Å². The molecule has 0 radical (unpaired) electrons. The Hall–Kier alpha value is -2.04. The normalized spacial score (nSPS) is 20.9. The van der Waals surface area contributed by atoms with E-state index >= 15 is 0 Å². The van der Waals surface area contributed by atoms with E-state index in [9.17, 15) is 9.59 Å². The Morgan fingerprint density at radius 2 is 2.09 bits per heavy atom. The molecule has 0 unspecified atom stereocenters. The van der Waals surface area contributed by atoms with Gasteiger partial charge in [0.15, 0.2) is 0 Å². The lowest BCUT2D eigenvalue weighted by atomic mass is 9.94. The molecule has 2 atom stereocenters. The highest BCUT2D eigenvalue weighted by Crippen LogP contribution is 2.21. The van der Waals surface area contributed by atoms with Gasteiger partial charge in [-0.25, -0.2) is 4.79 Å². The van der Waals surface area contributed by atoms with Gasteiger partial charge in [-0.1, -0.05) is 19.1 Å². The van der Waals surface area contributed by atoms with Gasteiger partial charge in [0, 0.05) is 31.7 Å². The molecule has 0 spiro atoms. The number of piperidine rings is 1. The standard InChI is InChI=1S/C18H27N3O2/c1-13-8-10-21(14(2)11-13)18(23)20-9-7-15-5-4-6-16(12-15)17(22)19-3/h4-6,12-14H,7-11H2,1-3H3,(H,19,22)(H,20,23)/t13-,14-/m1/s1. The molecule has 1 heterocycles. The maximum absolute atomic E-state index is 12.3. The number of likely N-dealkylation sites (tertiary alicyclic amines) is 1. The predicted molar refractivity (Wildman–Crippen MR) is 91.5 cm³/mol. The zero-order valence-electron chi connectivity index (χ0n) is 14.3. The highest BCUT2D eigenvalue weighted by atomic mass is 16.2. The van der Waals surface area contributed by atoms with E-state index in [4.69, 9.17) is 0 Å². The van der Waals surface area contributed by atoms with Crippen molar-refractivity contribution in [2.24, 2.45) is 5.92 Å². The van der Waals surface area contributed by atoms with Crippen LogP contribution < -0.4 is 10.6 Å². The molecule has 23 heavy (non-hydrogen) atoms. The third-order valence-electron chi connectivity index (χ3n) is 4.51. The monoisotopic (exact) mass is 317 g/mol. The lowest BCUT2D eigenvalue weighted by molar-refractivity contribution is 0.0963. The topological polar surface area (TPSA) is 61.4 Å². The number of carbonyl (C=O) groups is 2. The molecular weight excluding hydrogens is 290 g/mol. The largest absolute Gasteiger partial charge is 0.355 e. The minimum absolute atomic E-state index is 0.0202. The summed E-state index contributed by atoms with van der Waals surface area (Å²) in [5, 5.41) is 5.61. The van der Waals surface area contributed by atoms with E-state index in [2.05, 4.69) is 24.5 Å². The van der Waals surface area contributed by atoms with Crippen LogP contribution in [-0.2, 0) is 6.42 Å². The second-order valence-corrected chi connectivity index (χ2v) is 6.43. The fourth-order valence-electron chi connectivity index (χ4n) is 3.14. The van der Waals surface area contributed by atoms with Crippen molar-refractivity contribution in [3.05, 3.63) is 35.4 Å². The first-order chi connectivity index (χ1) is 11.0. The number of urea groups is 1. The SMILES string of the molecule is CNC(=O)c1cccc(CCNC(=O)N2CC[C@@H](C)C[C@H]2C)c1. The molecule has 1 aliphatic heterocycles. The molecule has 1 aliphatic rings. The summed E-state index contributed by atoms with van der Waals surface area (Å²) in [5.74, 6) is 0.605. The van der Waals surface area contributed by atoms with Crippen LogP contribution in [-0.4, -0.2) is 43.0 Å². The molecule has 2 rings (SSSR count). The Morgan fingerprint density at radius 3 is 2.78 bits per heavy atom. The lowest BCUT2D eigenvalue weighted by Gasteiger charge is -2.36. The number of hydrogen-bond donors (Lipinski definition) is 2. The van der Waals surface area contributed by atoms with E-state index in [1.807, 2.05) is 23.1 Å². The number of rotatable bonds is 4. The van der Waals surface area contributed by atoms with E-state index in [1.165, 1.54) is 0 Å². The van der Waals surface area contributed by atoms with Gasteiger partial charge in [0.2, 0.25) is 0 Å². The van der Waals surface area contributed by atoms with Gasteiger partial charge in [0.25, 0.3) is 5.91 Å². The van der Waals surface area contributed by atoms with Crippen molar-refractivity contribution >= 4 is 11.9 Å². The Morgan fingerprint density at radius 1 is 1.30 bits per heavy atom. The maximum Gasteiger partial charge on any atom is 0.317 e. The van der Waals surface area contributed by atoms with Crippen LogP contribution in [0.15, 0.2) is 24.3 Å². The van der Waals surface area contributed by atoms with Crippen LogP contribution in [0, 0.1) is 5.92 Å². The van der Waals surface area contributed by atoms with Gasteiger partial charge in [-0.3, -0.25) is 4.79 Å². The van der Waals surface area contributed by atoms with Crippen molar-refractivity contribution in [2.75, 3.05) is 20.1 Å². The second-order valence-electron chi connectivity index (χ2n) is 6.43.